The summed E-state index contributed by atoms with van der Waals surface area (Å²) in [5.74, 6) is 1.57. The van der Waals surface area contributed by atoms with E-state index in [-0.39, 0.29) is 12.5 Å². The van der Waals surface area contributed by atoms with Gasteiger partial charge in [-0.1, -0.05) is 76.7 Å². The van der Waals surface area contributed by atoms with E-state index in [0.717, 1.165) is 36.6 Å². The van der Waals surface area contributed by atoms with Gasteiger partial charge in [-0.25, -0.2) is 8.78 Å². The minimum Gasteiger partial charge on any atom is -0.396 e. The van der Waals surface area contributed by atoms with Gasteiger partial charge in [0.1, 0.15) is 0 Å². The fraction of sp³-hybridized carbons (Fsp3) is 0.786. The summed E-state index contributed by atoms with van der Waals surface area (Å²) >= 11 is 0. The van der Waals surface area contributed by atoms with Gasteiger partial charge in [0, 0.05) is 6.61 Å². The number of aliphatic hydroxyl groups is 1. The fourth-order valence-corrected chi connectivity index (χ4v) is 9.14. The molecule has 3 rings (SSSR count). The van der Waals surface area contributed by atoms with Gasteiger partial charge in [0.15, 0.2) is 11.6 Å². The Balaban J connectivity index is 1.54. The molecule has 0 spiro atoms. The molecule has 0 bridgehead atoms. The Hall–Kier alpha value is -0.743. The second-order valence-electron chi connectivity index (χ2n) is 11.4. The summed E-state index contributed by atoms with van der Waals surface area (Å²) in [4.78, 5) is 0. The summed E-state index contributed by atoms with van der Waals surface area (Å²) in [6.07, 6.45) is 16.1. The summed E-state index contributed by atoms with van der Waals surface area (Å²) in [5, 5.41) is 9.72. The van der Waals surface area contributed by atoms with E-state index in [4.69, 9.17) is 5.11 Å². The largest absolute Gasteiger partial charge is 0.396 e. The molecule has 2 fully saturated rings. The van der Waals surface area contributed by atoms with Crippen LogP contribution >= 0.6 is 0 Å². The number of aliphatic hydroxyl groups excluding tert-OH is 1. The second-order valence-corrected chi connectivity index (χ2v) is 16.2. The molecule has 0 radical (unpaired) electrons. The van der Waals surface area contributed by atoms with Gasteiger partial charge in [0.05, 0.1) is 8.07 Å². The molecule has 2 saturated carbocycles. The molecule has 0 atom stereocenters. The van der Waals surface area contributed by atoms with Gasteiger partial charge >= 0.3 is 0 Å². The van der Waals surface area contributed by atoms with E-state index in [1.807, 2.05) is 12.1 Å². The molecule has 1 aromatic carbocycles. The maximum Gasteiger partial charge on any atom is 0.162 e. The van der Waals surface area contributed by atoms with Crippen molar-refractivity contribution in [3.05, 3.63) is 29.3 Å². The van der Waals surface area contributed by atoms with Crippen molar-refractivity contribution >= 4 is 13.3 Å². The van der Waals surface area contributed by atoms with Crippen molar-refractivity contribution in [2.24, 2.45) is 17.8 Å². The molecule has 4 heteroatoms. The Morgan fingerprint density at radius 3 is 2.06 bits per heavy atom. The smallest absolute Gasteiger partial charge is 0.162 e. The Bertz CT molecular complexity index is 704. The highest BCUT2D eigenvalue weighted by Crippen LogP contribution is 2.45. The normalized spacial score (nSPS) is 26.9. The summed E-state index contributed by atoms with van der Waals surface area (Å²) < 4.78 is 30.2. The lowest BCUT2D eigenvalue weighted by molar-refractivity contribution is 0.155. The zero-order valence-corrected chi connectivity index (χ0v) is 21.8. The fourth-order valence-electron chi connectivity index (χ4n) is 6.59. The van der Waals surface area contributed by atoms with Gasteiger partial charge in [-0.2, -0.15) is 0 Å². The van der Waals surface area contributed by atoms with Crippen molar-refractivity contribution in [1.29, 1.82) is 0 Å². The molecule has 2 aliphatic rings. The predicted molar refractivity (Wildman–Crippen MR) is 134 cm³/mol. The van der Waals surface area contributed by atoms with Crippen LogP contribution in [-0.2, 0) is 0 Å². The Morgan fingerprint density at radius 1 is 0.844 bits per heavy atom. The number of hydrogen-bond donors (Lipinski definition) is 1. The zero-order valence-electron chi connectivity index (χ0n) is 20.8. The van der Waals surface area contributed by atoms with Crippen LogP contribution in [0.3, 0.4) is 0 Å². The Kier molecular flexibility index (Phi) is 9.79. The molecule has 182 valence electrons. The number of hydrogen-bond acceptors (Lipinski definition) is 1. The first-order chi connectivity index (χ1) is 15.4. The highest BCUT2D eigenvalue weighted by atomic mass is 28.3. The SMILES string of the molecule is CCCCCC1CCC(C2CCC(c3ccc([Si](C)(C)CCCO)c(F)c3F)CC2)CC1. The van der Waals surface area contributed by atoms with Crippen LogP contribution in [0.2, 0.25) is 19.1 Å². The quantitative estimate of drug-likeness (QED) is 0.275. The summed E-state index contributed by atoms with van der Waals surface area (Å²) in [6, 6.07) is 4.53. The molecule has 1 aromatic rings. The molecule has 0 saturated heterocycles. The van der Waals surface area contributed by atoms with E-state index in [2.05, 4.69) is 20.0 Å². The van der Waals surface area contributed by atoms with Crippen LogP contribution in [0.4, 0.5) is 8.78 Å². The molecule has 0 amide bonds. The van der Waals surface area contributed by atoms with Crippen LogP contribution in [0, 0.1) is 29.4 Å². The molecule has 2 aliphatic carbocycles. The van der Waals surface area contributed by atoms with E-state index in [1.165, 1.54) is 64.2 Å². The standard InChI is InChI=1S/C28H46F2OSi/c1-4-5-6-8-21-9-11-22(12-10-21)23-13-15-24(16-14-23)25-17-18-26(28(30)27(25)29)32(2,3)20-7-19-31/h17-18,21-24,31H,4-16,19-20H2,1-3H3. The summed E-state index contributed by atoms with van der Waals surface area (Å²) in [5.41, 5.74) is 0.608. The van der Waals surface area contributed by atoms with Gasteiger partial charge < -0.3 is 5.11 Å². The topological polar surface area (TPSA) is 20.2 Å². The van der Waals surface area contributed by atoms with Crippen molar-refractivity contribution in [3.63, 3.8) is 0 Å². The van der Waals surface area contributed by atoms with Gasteiger partial charge in [-0.05, 0) is 79.4 Å². The van der Waals surface area contributed by atoms with E-state index >= 15 is 8.78 Å². The monoisotopic (exact) mass is 464 g/mol. The molecule has 1 N–H and O–H groups in total. The maximum atomic E-state index is 15.1. The predicted octanol–water partition coefficient (Wildman–Crippen LogP) is 7.92. The van der Waals surface area contributed by atoms with Gasteiger partial charge in [-0.3, -0.25) is 0 Å². The first-order valence-corrected chi connectivity index (χ1v) is 16.7. The van der Waals surface area contributed by atoms with Gasteiger partial charge in [0.25, 0.3) is 0 Å². The van der Waals surface area contributed by atoms with Crippen molar-refractivity contribution in [3.8, 4) is 0 Å². The van der Waals surface area contributed by atoms with Crippen LogP contribution < -0.4 is 5.19 Å². The van der Waals surface area contributed by atoms with E-state index in [9.17, 15) is 0 Å². The molecule has 32 heavy (non-hydrogen) atoms. The van der Waals surface area contributed by atoms with Crippen molar-refractivity contribution in [1.82, 2.24) is 0 Å². The lowest BCUT2D eigenvalue weighted by Crippen LogP contribution is -2.44. The number of unbranched alkanes of at least 4 members (excludes halogenated alkanes) is 2. The average Bonchev–Trinajstić information content (AvgIpc) is 2.80. The summed E-state index contributed by atoms with van der Waals surface area (Å²) in [6.45, 7) is 6.54. The molecule has 1 nitrogen and oxygen atoms in total. The lowest BCUT2D eigenvalue weighted by atomic mass is 9.68. The first kappa shape index (κ1) is 25.9. The molecular formula is C28H46F2OSi. The minimum absolute atomic E-state index is 0.113. The minimum atomic E-state index is -2.07. The van der Waals surface area contributed by atoms with Crippen LogP contribution in [0.1, 0.15) is 102 Å². The first-order valence-electron chi connectivity index (χ1n) is 13.5. The zero-order chi connectivity index (χ0) is 23.1. The number of halogens is 2. The second kappa shape index (κ2) is 12.1. The molecule has 0 heterocycles. The molecule has 0 aromatic heterocycles. The molecular weight excluding hydrogens is 418 g/mol. The maximum absolute atomic E-state index is 15.1. The highest BCUT2D eigenvalue weighted by Gasteiger charge is 2.34. The van der Waals surface area contributed by atoms with E-state index < -0.39 is 19.7 Å². The van der Waals surface area contributed by atoms with Crippen LogP contribution in [0.15, 0.2) is 12.1 Å². The third-order valence-electron chi connectivity index (χ3n) is 8.79. The van der Waals surface area contributed by atoms with Crippen LogP contribution in [0.25, 0.3) is 0 Å². The van der Waals surface area contributed by atoms with E-state index in [1.54, 1.807) is 0 Å². The summed E-state index contributed by atoms with van der Waals surface area (Å²) in [7, 11) is -2.07. The Morgan fingerprint density at radius 2 is 1.47 bits per heavy atom. The van der Waals surface area contributed by atoms with Crippen molar-refractivity contribution < 1.29 is 13.9 Å². The Labute approximate surface area is 196 Å². The third kappa shape index (κ3) is 6.43. The van der Waals surface area contributed by atoms with E-state index in [0.29, 0.717) is 17.2 Å². The lowest BCUT2D eigenvalue weighted by Gasteiger charge is -2.38. The molecule has 0 unspecified atom stereocenters. The third-order valence-corrected chi connectivity index (χ3v) is 12.2. The van der Waals surface area contributed by atoms with Crippen LogP contribution in [0.5, 0.6) is 0 Å². The van der Waals surface area contributed by atoms with Gasteiger partial charge in [0.2, 0.25) is 0 Å². The van der Waals surface area contributed by atoms with Crippen molar-refractivity contribution in [2.45, 2.75) is 115 Å². The van der Waals surface area contributed by atoms with Crippen molar-refractivity contribution in [2.75, 3.05) is 6.61 Å². The average molecular weight is 465 g/mol. The molecule has 0 aliphatic heterocycles. The number of benzene rings is 1. The highest BCUT2D eigenvalue weighted by molar-refractivity contribution is 6.89. The van der Waals surface area contributed by atoms with Crippen LogP contribution in [-0.4, -0.2) is 19.8 Å². The number of rotatable bonds is 10. The van der Waals surface area contributed by atoms with Gasteiger partial charge in [-0.15, -0.1) is 0 Å².